The number of carboxylic acid groups (broad SMARTS) is 1. The first-order valence-electron chi connectivity index (χ1n) is 9.24. The molecule has 2 N–H and O–H groups in total. The van der Waals surface area contributed by atoms with E-state index in [9.17, 15) is 9.90 Å². The highest BCUT2D eigenvalue weighted by Gasteiger charge is 2.29. The number of rotatable bonds is 2. The molecule has 3 atom stereocenters. The molecular formula is C21H36O4. The third-order valence-corrected chi connectivity index (χ3v) is 3.65. The van der Waals surface area contributed by atoms with Gasteiger partial charge in [-0.3, -0.25) is 0 Å². The molecule has 0 aliphatic heterocycles. The second-order valence-corrected chi connectivity index (χ2v) is 7.59. The van der Waals surface area contributed by atoms with Crippen molar-refractivity contribution in [2.45, 2.75) is 85.0 Å². The van der Waals surface area contributed by atoms with E-state index in [1.54, 1.807) is 30.3 Å². The van der Waals surface area contributed by atoms with Crippen molar-refractivity contribution in [1.29, 1.82) is 0 Å². The molecule has 2 unspecified atom stereocenters. The van der Waals surface area contributed by atoms with Crippen LogP contribution in [0.3, 0.4) is 0 Å². The summed E-state index contributed by atoms with van der Waals surface area (Å²) >= 11 is 0. The number of ether oxygens (including phenoxy) is 1. The number of benzene rings is 1. The van der Waals surface area contributed by atoms with Gasteiger partial charge in [0.05, 0.1) is 23.4 Å². The molecule has 1 aromatic rings. The highest BCUT2D eigenvalue weighted by Crippen LogP contribution is 2.28. The van der Waals surface area contributed by atoms with E-state index in [-0.39, 0.29) is 17.8 Å². The fourth-order valence-corrected chi connectivity index (χ4v) is 2.45. The third-order valence-electron chi connectivity index (χ3n) is 3.65. The van der Waals surface area contributed by atoms with E-state index in [2.05, 4.69) is 41.5 Å². The fourth-order valence-electron chi connectivity index (χ4n) is 2.45. The Morgan fingerprint density at radius 3 is 2.04 bits per heavy atom. The van der Waals surface area contributed by atoms with Crippen LogP contribution < -0.4 is 0 Å². The smallest absolute Gasteiger partial charge is 0.335 e. The van der Waals surface area contributed by atoms with Crippen LogP contribution in [0.1, 0.15) is 77.6 Å². The van der Waals surface area contributed by atoms with Gasteiger partial charge in [0.15, 0.2) is 0 Å². The zero-order valence-electron chi connectivity index (χ0n) is 16.7. The maximum Gasteiger partial charge on any atom is 0.335 e. The van der Waals surface area contributed by atoms with E-state index in [1.165, 1.54) is 6.42 Å². The molecule has 1 fully saturated rings. The second-order valence-electron chi connectivity index (χ2n) is 7.59. The van der Waals surface area contributed by atoms with Crippen molar-refractivity contribution in [1.82, 2.24) is 0 Å². The molecule has 0 spiro atoms. The number of aliphatic hydroxyl groups is 1. The number of aliphatic hydroxyl groups excluding tert-OH is 1. The van der Waals surface area contributed by atoms with Gasteiger partial charge in [0, 0.05) is 0 Å². The number of hydrogen-bond donors (Lipinski definition) is 2. The van der Waals surface area contributed by atoms with Crippen LogP contribution in [0.2, 0.25) is 0 Å². The van der Waals surface area contributed by atoms with E-state index in [0.717, 1.165) is 19.3 Å². The minimum absolute atomic E-state index is 0.0784. The van der Waals surface area contributed by atoms with Crippen LogP contribution in [0.4, 0.5) is 0 Å². The molecule has 0 saturated heterocycles. The molecule has 25 heavy (non-hydrogen) atoms. The molecule has 1 aliphatic rings. The Labute approximate surface area is 153 Å². The summed E-state index contributed by atoms with van der Waals surface area (Å²) in [6, 6.07) is 8.30. The Balaban J connectivity index is 0.000000417. The molecule has 1 aromatic carbocycles. The quantitative estimate of drug-likeness (QED) is 0.772. The van der Waals surface area contributed by atoms with Gasteiger partial charge in [0.2, 0.25) is 0 Å². The summed E-state index contributed by atoms with van der Waals surface area (Å²) in [5, 5.41) is 18.0. The van der Waals surface area contributed by atoms with Crippen LogP contribution in [0, 0.1) is 5.92 Å². The molecule has 2 rings (SSSR count). The van der Waals surface area contributed by atoms with Crippen LogP contribution in [-0.4, -0.2) is 34.0 Å². The van der Waals surface area contributed by atoms with Gasteiger partial charge in [-0.1, -0.05) is 45.4 Å². The molecule has 0 radical (unpaired) electrons. The Morgan fingerprint density at radius 2 is 1.68 bits per heavy atom. The summed E-state index contributed by atoms with van der Waals surface area (Å²) in [6.45, 7) is 12.6. The minimum Gasteiger partial charge on any atom is -0.478 e. The van der Waals surface area contributed by atoms with Crippen LogP contribution in [0.25, 0.3) is 0 Å². The van der Waals surface area contributed by atoms with Crippen molar-refractivity contribution in [3.05, 3.63) is 35.9 Å². The molecule has 1 aliphatic carbocycles. The molecule has 0 bridgehead atoms. The van der Waals surface area contributed by atoms with E-state index >= 15 is 0 Å². The Bertz CT molecular complexity index is 465. The van der Waals surface area contributed by atoms with Crippen LogP contribution >= 0.6 is 0 Å². The van der Waals surface area contributed by atoms with Gasteiger partial charge in [-0.2, -0.15) is 0 Å². The Morgan fingerprint density at radius 1 is 1.16 bits per heavy atom. The second kappa shape index (κ2) is 12.0. The number of carboxylic acids is 1. The van der Waals surface area contributed by atoms with Crippen molar-refractivity contribution >= 4 is 5.97 Å². The van der Waals surface area contributed by atoms with Crippen LogP contribution in [0.5, 0.6) is 0 Å². The van der Waals surface area contributed by atoms with Crippen LogP contribution in [-0.2, 0) is 4.74 Å². The Kier molecular flexibility index (Phi) is 11.4. The highest BCUT2D eigenvalue weighted by molar-refractivity contribution is 5.87. The van der Waals surface area contributed by atoms with Gasteiger partial charge in [0.25, 0.3) is 0 Å². The predicted molar refractivity (Wildman–Crippen MR) is 103 cm³/mol. The maximum atomic E-state index is 10.2. The lowest BCUT2D eigenvalue weighted by molar-refractivity contribution is -0.102. The van der Waals surface area contributed by atoms with Gasteiger partial charge in [-0.25, -0.2) is 4.79 Å². The van der Waals surface area contributed by atoms with Crippen molar-refractivity contribution in [2.24, 2.45) is 5.92 Å². The van der Waals surface area contributed by atoms with Gasteiger partial charge < -0.3 is 14.9 Å². The first-order valence-corrected chi connectivity index (χ1v) is 9.24. The summed E-state index contributed by atoms with van der Waals surface area (Å²) in [5.74, 6) is -0.435. The lowest BCUT2D eigenvalue weighted by Crippen LogP contribution is -2.36. The summed E-state index contributed by atoms with van der Waals surface area (Å²) < 4.78 is 5.84. The van der Waals surface area contributed by atoms with E-state index in [1.807, 2.05) is 0 Å². The van der Waals surface area contributed by atoms with Crippen molar-refractivity contribution in [3.8, 4) is 0 Å². The zero-order valence-corrected chi connectivity index (χ0v) is 16.7. The highest BCUT2D eigenvalue weighted by atomic mass is 16.5. The largest absolute Gasteiger partial charge is 0.478 e. The lowest BCUT2D eigenvalue weighted by Gasteiger charge is -2.35. The van der Waals surface area contributed by atoms with Crippen molar-refractivity contribution < 1.29 is 19.7 Å². The van der Waals surface area contributed by atoms with Crippen molar-refractivity contribution in [2.75, 3.05) is 0 Å². The topological polar surface area (TPSA) is 66.8 Å². The Hall–Kier alpha value is -1.39. The van der Waals surface area contributed by atoms with Gasteiger partial charge >= 0.3 is 5.97 Å². The first-order chi connectivity index (χ1) is 11.6. The lowest BCUT2D eigenvalue weighted by atomic mass is 9.86. The summed E-state index contributed by atoms with van der Waals surface area (Å²) in [6.07, 6.45) is 4.32. The zero-order chi connectivity index (χ0) is 19.5. The monoisotopic (exact) mass is 352 g/mol. The SMILES string of the molecule is CCC.C[C@@H]1CCC(OC(C)(C)C)CC1O.O=C(O)c1ccccc1. The standard InChI is InChI=1S/C11H22O2.C7H6O2.C3H8/c1-8-5-6-9(7-10(8)12)13-11(2,3)4;8-7(9)6-4-2-1-3-5-6;1-3-2/h8-10,12H,5-7H2,1-4H3;1-5H,(H,8,9);3H2,1-2H3/t8-,9?,10?;;/m1../s1. The molecule has 144 valence electrons. The normalized spacial score (nSPS) is 22.8. The van der Waals surface area contributed by atoms with Gasteiger partial charge in [0.1, 0.15) is 0 Å². The van der Waals surface area contributed by atoms with Crippen LogP contribution in [0.15, 0.2) is 30.3 Å². The van der Waals surface area contributed by atoms with E-state index in [4.69, 9.17) is 9.84 Å². The predicted octanol–water partition coefficient (Wildman–Crippen LogP) is 5.15. The molecule has 4 nitrogen and oxygen atoms in total. The number of aromatic carboxylic acids is 1. The molecule has 0 aromatic heterocycles. The molecule has 1 saturated carbocycles. The van der Waals surface area contributed by atoms with Gasteiger partial charge in [-0.15, -0.1) is 0 Å². The first kappa shape index (κ1) is 23.6. The number of hydrogen-bond acceptors (Lipinski definition) is 3. The van der Waals surface area contributed by atoms with E-state index < -0.39 is 5.97 Å². The number of carbonyl (C=O) groups is 1. The van der Waals surface area contributed by atoms with Crippen molar-refractivity contribution in [3.63, 3.8) is 0 Å². The summed E-state index contributed by atoms with van der Waals surface area (Å²) in [5.41, 5.74) is 0.253. The summed E-state index contributed by atoms with van der Waals surface area (Å²) in [7, 11) is 0. The average molecular weight is 353 g/mol. The fraction of sp³-hybridized carbons (Fsp3) is 0.667. The molecule has 0 amide bonds. The summed E-state index contributed by atoms with van der Waals surface area (Å²) in [4.78, 5) is 10.2. The molecular weight excluding hydrogens is 316 g/mol. The molecule has 0 heterocycles. The van der Waals surface area contributed by atoms with Gasteiger partial charge in [-0.05, 0) is 58.1 Å². The molecule has 4 heteroatoms. The third kappa shape index (κ3) is 11.7. The van der Waals surface area contributed by atoms with E-state index in [0.29, 0.717) is 11.5 Å². The average Bonchev–Trinajstić information content (AvgIpc) is 2.52. The minimum atomic E-state index is -0.879. The maximum absolute atomic E-state index is 10.2.